The van der Waals surface area contributed by atoms with Crippen LogP contribution >= 0.6 is 12.2 Å². The average molecular weight is 262 g/mol. The fourth-order valence-corrected chi connectivity index (χ4v) is 3.38. The molecule has 3 nitrogen and oxygen atoms in total. The van der Waals surface area contributed by atoms with Gasteiger partial charge in [0.1, 0.15) is 0 Å². The Hall–Kier alpha value is -1.00. The van der Waals surface area contributed by atoms with Crippen molar-refractivity contribution in [2.75, 3.05) is 19.6 Å². The number of fused-ring (bicyclic) bond motifs is 3. The van der Waals surface area contributed by atoms with E-state index in [0.29, 0.717) is 17.5 Å². The van der Waals surface area contributed by atoms with Gasteiger partial charge in [-0.05, 0) is 37.9 Å². The van der Waals surface area contributed by atoms with E-state index in [1.807, 2.05) is 18.2 Å². The van der Waals surface area contributed by atoms with Crippen LogP contribution in [0.2, 0.25) is 0 Å². The zero-order valence-corrected chi connectivity index (χ0v) is 11.2. The minimum atomic E-state index is 0.0168. The molecule has 18 heavy (non-hydrogen) atoms. The molecule has 0 aromatic heterocycles. The van der Waals surface area contributed by atoms with Crippen molar-refractivity contribution in [3.63, 3.8) is 0 Å². The molecule has 0 saturated carbocycles. The molecule has 2 bridgehead atoms. The number of thiocarbonyl (C=S) groups is 1. The fraction of sp³-hybridized carbons (Fsp3) is 0.571. The van der Waals surface area contributed by atoms with Gasteiger partial charge >= 0.3 is 0 Å². The predicted octanol–water partition coefficient (Wildman–Crippen LogP) is 1.45. The van der Waals surface area contributed by atoms with Crippen molar-refractivity contribution in [1.82, 2.24) is 10.2 Å². The third kappa shape index (κ3) is 2.27. The minimum Gasteiger partial charge on any atom is -0.348 e. The van der Waals surface area contributed by atoms with Crippen LogP contribution in [0.4, 0.5) is 0 Å². The van der Waals surface area contributed by atoms with E-state index in [1.54, 1.807) is 0 Å². The number of nitrogens with zero attached hydrogens (tertiary/aromatic N) is 1. The lowest BCUT2D eigenvalue weighted by Gasteiger charge is -2.45. The van der Waals surface area contributed by atoms with Gasteiger partial charge in [0, 0.05) is 23.9 Å². The van der Waals surface area contributed by atoms with Gasteiger partial charge in [-0.15, -0.1) is 0 Å². The maximum absolute atomic E-state index is 12.2. The van der Waals surface area contributed by atoms with Crippen LogP contribution in [0.25, 0.3) is 0 Å². The number of amides is 1. The topological polar surface area (TPSA) is 32.3 Å². The molecule has 4 heteroatoms. The molecule has 96 valence electrons. The van der Waals surface area contributed by atoms with Gasteiger partial charge in [-0.1, -0.05) is 24.4 Å². The normalized spacial score (nSPS) is 34.3. The summed E-state index contributed by atoms with van der Waals surface area (Å²) in [6.45, 7) is 3.40. The van der Waals surface area contributed by atoms with Crippen molar-refractivity contribution < 1.29 is 4.79 Å². The fourth-order valence-electron chi connectivity index (χ4n) is 3.12. The second-order valence-corrected chi connectivity index (χ2v) is 5.85. The lowest BCUT2D eigenvalue weighted by molar-refractivity contribution is -0.119. The smallest absolute Gasteiger partial charge is 0.252 e. The summed E-state index contributed by atoms with van der Waals surface area (Å²) in [4.78, 5) is 15.4. The maximum atomic E-state index is 12.2. The summed E-state index contributed by atoms with van der Waals surface area (Å²) in [5, 5.41) is 3.18. The molecule has 0 spiro atoms. The molecule has 0 aromatic rings. The summed E-state index contributed by atoms with van der Waals surface area (Å²) < 4.78 is 0. The molecular weight excluding hydrogens is 244 g/mol. The molecule has 1 N–H and O–H groups in total. The lowest BCUT2D eigenvalue weighted by atomic mass is 9.84. The number of hydrogen-bond donors (Lipinski definition) is 1. The van der Waals surface area contributed by atoms with Crippen molar-refractivity contribution in [3.8, 4) is 0 Å². The molecule has 3 heterocycles. The standard InChI is InChI=1S/C14H18N2OS/c17-14(11-3-1-2-4-13(11)18)15-12-9-16-7-5-10(12)6-8-16/h1-3,10,12H,4-9H2,(H,15,17). The predicted molar refractivity (Wildman–Crippen MR) is 75.5 cm³/mol. The van der Waals surface area contributed by atoms with Crippen LogP contribution in [-0.4, -0.2) is 41.3 Å². The first-order chi connectivity index (χ1) is 8.74. The summed E-state index contributed by atoms with van der Waals surface area (Å²) >= 11 is 5.25. The lowest BCUT2D eigenvalue weighted by Crippen LogP contribution is -2.57. The number of allylic oxidation sites excluding steroid dienone is 3. The van der Waals surface area contributed by atoms with E-state index in [1.165, 1.54) is 25.9 Å². The Morgan fingerprint density at radius 3 is 2.78 bits per heavy atom. The highest BCUT2D eigenvalue weighted by atomic mass is 32.1. The highest BCUT2D eigenvalue weighted by molar-refractivity contribution is 7.81. The molecular formula is C14H18N2OS. The van der Waals surface area contributed by atoms with E-state index in [4.69, 9.17) is 12.2 Å². The number of nitrogens with one attached hydrogen (secondary N) is 1. The van der Waals surface area contributed by atoms with Crippen LogP contribution in [-0.2, 0) is 4.79 Å². The van der Waals surface area contributed by atoms with E-state index < -0.39 is 0 Å². The molecule has 1 amide bonds. The SMILES string of the molecule is O=C(NC1CN2CCC1CC2)C1=CC=CCC1=S. The Kier molecular flexibility index (Phi) is 3.31. The van der Waals surface area contributed by atoms with Gasteiger partial charge in [0.05, 0.1) is 5.57 Å². The number of piperidine rings is 3. The van der Waals surface area contributed by atoms with E-state index in [-0.39, 0.29) is 5.91 Å². The molecule has 3 saturated heterocycles. The molecule has 1 aliphatic carbocycles. The summed E-state index contributed by atoms with van der Waals surface area (Å²) in [7, 11) is 0. The highest BCUT2D eigenvalue weighted by Crippen LogP contribution is 2.27. The zero-order chi connectivity index (χ0) is 12.5. The van der Waals surface area contributed by atoms with Gasteiger partial charge < -0.3 is 10.2 Å². The molecule has 0 aromatic carbocycles. The van der Waals surface area contributed by atoms with Crippen LogP contribution in [0.1, 0.15) is 19.3 Å². The first kappa shape index (κ1) is 12.1. The van der Waals surface area contributed by atoms with Gasteiger partial charge in [0.15, 0.2) is 0 Å². The second kappa shape index (κ2) is 4.94. The van der Waals surface area contributed by atoms with Crippen LogP contribution in [0, 0.1) is 5.92 Å². The van der Waals surface area contributed by atoms with Crippen molar-refractivity contribution in [2.24, 2.45) is 5.92 Å². The zero-order valence-electron chi connectivity index (χ0n) is 10.4. The van der Waals surface area contributed by atoms with Crippen molar-refractivity contribution in [2.45, 2.75) is 25.3 Å². The van der Waals surface area contributed by atoms with Crippen LogP contribution < -0.4 is 5.32 Å². The Morgan fingerprint density at radius 1 is 1.39 bits per heavy atom. The van der Waals surface area contributed by atoms with E-state index >= 15 is 0 Å². The Labute approximate surface area is 113 Å². The van der Waals surface area contributed by atoms with Gasteiger partial charge in [0.2, 0.25) is 0 Å². The third-order valence-corrected chi connectivity index (χ3v) is 4.61. The minimum absolute atomic E-state index is 0.0168. The van der Waals surface area contributed by atoms with Gasteiger partial charge in [-0.2, -0.15) is 0 Å². The van der Waals surface area contributed by atoms with Crippen molar-refractivity contribution >= 4 is 23.0 Å². The summed E-state index contributed by atoms with van der Waals surface area (Å²) in [5.41, 5.74) is 0.684. The number of carbonyl (C=O) groups excluding carboxylic acids is 1. The second-order valence-electron chi connectivity index (χ2n) is 5.35. The monoisotopic (exact) mass is 262 g/mol. The molecule has 4 aliphatic rings. The molecule has 3 fully saturated rings. The Bertz CT molecular complexity index is 433. The van der Waals surface area contributed by atoms with Crippen LogP contribution in [0.3, 0.4) is 0 Å². The van der Waals surface area contributed by atoms with E-state index in [2.05, 4.69) is 10.2 Å². The molecule has 4 rings (SSSR count). The maximum Gasteiger partial charge on any atom is 0.252 e. The Morgan fingerprint density at radius 2 is 2.17 bits per heavy atom. The molecule has 1 unspecified atom stereocenters. The van der Waals surface area contributed by atoms with Crippen molar-refractivity contribution in [3.05, 3.63) is 23.8 Å². The third-order valence-electron chi connectivity index (χ3n) is 4.22. The first-order valence-corrected chi connectivity index (χ1v) is 7.08. The molecule has 1 atom stereocenters. The number of hydrogen-bond acceptors (Lipinski definition) is 3. The van der Waals surface area contributed by atoms with Gasteiger partial charge in [0.25, 0.3) is 5.91 Å². The van der Waals surface area contributed by atoms with E-state index in [9.17, 15) is 4.79 Å². The summed E-state index contributed by atoms with van der Waals surface area (Å²) in [6.07, 6.45) is 8.90. The largest absolute Gasteiger partial charge is 0.348 e. The molecule has 0 radical (unpaired) electrons. The summed E-state index contributed by atoms with van der Waals surface area (Å²) in [6, 6.07) is 0.314. The number of rotatable bonds is 2. The van der Waals surface area contributed by atoms with Crippen LogP contribution in [0.15, 0.2) is 23.8 Å². The quantitative estimate of drug-likeness (QED) is 0.765. The highest BCUT2D eigenvalue weighted by Gasteiger charge is 2.35. The number of carbonyl (C=O) groups is 1. The van der Waals surface area contributed by atoms with E-state index in [0.717, 1.165) is 17.8 Å². The summed E-state index contributed by atoms with van der Waals surface area (Å²) in [5.74, 6) is 0.676. The van der Waals surface area contributed by atoms with Gasteiger partial charge in [-0.3, -0.25) is 4.79 Å². The van der Waals surface area contributed by atoms with Gasteiger partial charge in [-0.25, -0.2) is 0 Å². The van der Waals surface area contributed by atoms with Crippen molar-refractivity contribution in [1.29, 1.82) is 0 Å². The average Bonchev–Trinajstić information content (AvgIpc) is 2.40. The molecule has 3 aliphatic heterocycles. The van der Waals surface area contributed by atoms with Crippen LogP contribution in [0.5, 0.6) is 0 Å². The Balaban J connectivity index is 1.66. The first-order valence-electron chi connectivity index (χ1n) is 6.67.